The van der Waals surface area contributed by atoms with Crippen LogP contribution in [0.4, 0.5) is 0 Å². The number of rotatable bonds is 7. The molecule has 0 saturated carbocycles. The Kier molecular flexibility index (Phi) is 7.64. The lowest BCUT2D eigenvalue weighted by Gasteiger charge is -2.11. The van der Waals surface area contributed by atoms with Crippen LogP contribution < -0.4 is 0 Å². The maximum absolute atomic E-state index is 2.31. The summed E-state index contributed by atoms with van der Waals surface area (Å²) in [5.41, 5.74) is 0. The molecule has 0 aromatic heterocycles. The Morgan fingerprint density at radius 3 is 2.00 bits per heavy atom. The Hall–Kier alpha value is 0. The molecular weight excluding hydrogens is 144 g/mol. The van der Waals surface area contributed by atoms with Gasteiger partial charge in [-0.05, 0) is 18.3 Å². The quantitative estimate of drug-likeness (QED) is 0.489. The van der Waals surface area contributed by atoms with Gasteiger partial charge in [0.05, 0.1) is 0 Å². The van der Waals surface area contributed by atoms with Crippen molar-refractivity contribution >= 4 is 0 Å². The molecule has 0 aromatic carbocycles. The maximum atomic E-state index is 2.31. The Balaban J connectivity index is 3.17. The first-order chi connectivity index (χ1) is 5.70. The van der Waals surface area contributed by atoms with E-state index in [2.05, 4.69) is 27.7 Å². The second-order valence-corrected chi connectivity index (χ2v) is 4.14. The lowest BCUT2D eigenvalue weighted by atomic mass is 9.95. The van der Waals surface area contributed by atoms with Crippen molar-refractivity contribution < 1.29 is 0 Å². The smallest absolute Gasteiger partial charge is 0.0303 e. The van der Waals surface area contributed by atoms with E-state index in [0.717, 1.165) is 5.92 Å². The van der Waals surface area contributed by atoms with Gasteiger partial charge in [-0.1, -0.05) is 59.8 Å². The second kappa shape index (κ2) is 7.64. The highest BCUT2D eigenvalue weighted by molar-refractivity contribution is 4.75. The van der Waals surface area contributed by atoms with Crippen LogP contribution in [0.1, 0.15) is 66.2 Å². The van der Waals surface area contributed by atoms with E-state index < -0.39 is 0 Å². The summed E-state index contributed by atoms with van der Waals surface area (Å²) in [6.45, 7) is 9.09. The van der Waals surface area contributed by atoms with Crippen molar-refractivity contribution in [2.75, 3.05) is 0 Å². The Morgan fingerprint density at radius 2 is 1.58 bits per heavy atom. The van der Waals surface area contributed by atoms with Crippen LogP contribution in [0.2, 0.25) is 0 Å². The lowest BCUT2D eigenvalue weighted by Crippen LogP contribution is -1.96. The van der Waals surface area contributed by atoms with Crippen molar-refractivity contribution in [3.05, 3.63) is 5.92 Å². The monoisotopic (exact) mass is 169 g/mol. The van der Waals surface area contributed by atoms with Gasteiger partial charge in [0.1, 0.15) is 0 Å². The first kappa shape index (κ1) is 12.0. The Labute approximate surface area is 78.8 Å². The highest BCUT2D eigenvalue weighted by atomic mass is 14.1. The summed E-state index contributed by atoms with van der Waals surface area (Å²) in [5, 5.41) is 0. The van der Waals surface area contributed by atoms with E-state index in [4.69, 9.17) is 0 Å². The van der Waals surface area contributed by atoms with E-state index >= 15 is 0 Å². The summed E-state index contributed by atoms with van der Waals surface area (Å²) in [4.78, 5) is 0. The molecule has 0 aliphatic heterocycles. The number of hydrogen-bond donors (Lipinski definition) is 0. The summed E-state index contributed by atoms with van der Waals surface area (Å²) >= 11 is 0. The van der Waals surface area contributed by atoms with E-state index in [1.807, 2.05) is 0 Å². The molecule has 0 aliphatic carbocycles. The summed E-state index contributed by atoms with van der Waals surface area (Å²) in [6.07, 6.45) is 8.34. The zero-order chi connectivity index (χ0) is 9.40. The molecule has 0 saturated heterocycles. The number of unbranched alkanes of at least 4 members (excludes halogenated alkanes) is 1. The molecule has 0 unspecified atom stereocenters. The van der Waals surface area contributed by atoms with Crippen LogP contribution in [-0.4, -0.2) is 0 Å². The van der Waals surface area contributed by atoms with Crippen molar-refractivity contribution in [2.24, 2.45) is 5.92 Å². The minimum atomic E-state index is 0.988. The molecule has 73 valence electrons. The molecule has 1 radical (unpaired) electrons. The first-order valence-electron chi connectivity index (χ1n) is 5.49. The van der Waals surface area contributed by atoms with Gasteiger partial charge in [0.15, 0.2) is 0 Å². The minimum Gasteiger partial charge on any atom is -0.0651 e. The molecule has 0 nitrogen and oxygen atoms in total. The van der Waals surface area contributed by atoms with Gasteiger partial charge in [0, 0.05) is 0 Å². The van der Waals surface area contributed by atoms with Gasteiger partial charge in [-0.2, -0.15) is 0 Å². The third-order valence-electron chi connectivity index (χ3n) is 2.69. The van der Waals surface area contributed by atoms with Crippen molar-refractivity contribution in [3.63, 3.8) is 0 Å². The third-order valence-corrected chi connectivity index (χ3v) is 2.69. The molecule has 0 amide bonds. The summed E-state index contributed by atoms with van der Waals surface area (Å²) in [7, 11) is 0. The van der Waals surface area contributed by atoms with Crippen LogP contribution in [0, 0.1) is 11.8 Å². The van der Waals surface area contributed by atoms with Crippen molar-refractivity contribution in [2.45, 2.75) is 66.2 Å². The molecule has 0 fully saturated rings. The van der Waals surface area contributed by atoms with E-state index in [-0.39, 0.29) is 0 Å². The van der Waals surface area contributed by atoms with Gasteiger partial charge in [0.25, 0.3) is 0 Å². The molecular formula is C12H25. The molecule has 0 heteroatoms. The maximum Gasteiger partial charge on any atom is -0.0303 e. The fraction of sp³-hybridized carbons (Fsp3) is 0.917. The number of hydrogen-bond acceptors (Lipinski definition) is 0. The fourth-order valence-corrected chi connectivity index (χ4v) is 1.61. The molecule has 0 bridgehead atoms. The lowest BCUT2D eigenvalue weighted by molar-refractivity contribution is 0.431. The van der Waals surface area contributed by atoms with Crippen LogP contribution in [0.3, 0.4) is 0 Å². The predicted octanol–water partition coefficient (Wildman–Crippen LogP) is 4.60. The van der Waals surface area contributed by atoms with Crippen LogP contribution >= 0.6 is 0 Å². The fourth-order valence-electron chi connectivity index (χ4n) is 1.61. The van der Waals surface area contributed by atoms with Crippen LogP contribution in [-0.2, 0) is 0 Å². The molecule has 0 atom stereocenters. The van der Waals surface area contributed by atoms with Crippen LogP contribution in [0.5, 0.6) is 0 Å². The van der Waals surface area contributed by atoms with Gasteiger partial charge >= 0.3 is 0 Å². The van der Waals surface area contributed by atoms with Gasteiger partial charge in [-0.3, -0.25) is 0 Å². The van der Waals surface area contributed by atoms with Gasteiger partial charge < -0.3 is 0 Å². The standard InChI is InChI=1S/C12H25/c1-5-12(6-2)10-8-7-9-11(3)4/h12H,5-10H2,1-4H3. The summed E-state index contributed by atoms with van der Waals surface area (Å²) in [5.74, 6) is 2.57. The molecule has 12 heavy (non-hydrogen) atoms. The molecule has 0 heterocycles. The average Bonchev–Trinajstić information content (AvgIpc) is 2.04. The molecule has 0 spiro atoms. The molecule has 0 aromatic rings. The Morgan fingerprint density at radius 1 is 1.00 bits per heavy atom. The molecule has 0 aliphatic rings. The minimum absolute atomic E-state index is 0.988. The van der Waals surface area contributed by atoms with Crippen molar-refractivity contribution in [1.29, 1.82) is 0 Å². The van der Waals surface area contributed by atoms with Gasteiger partial charge in [-0.15, -0.1) is 0 Å². The highest BCUT2D eigenvalue weighted by Crippen LogP contribution is 2.18. The van der Waals surface area contributed by atoms with Gasteiger partial charge in [-0.25, -0.2) is 0 Å². The van der Waals surface area contributed by atoms with Crippen LogP contribution in [0.15, 0.2) is 0 Å². The predicted molar refractivity (Wildman–Crippen MR) is 57.1 cm³/mol. The third kappa shape index (κ3) is 6.69. The van der Waals surface area contributed by atoms with Gasteiger partial charge in [0.2, 0.25) is 0 Å². The molecule has 0 N–H and O–H groups in total. The van der Waals surface area contributed by atoms with E-state index in [1.165, 1.54) is 38.5 Å². The van der Waals surface area contributed by atoms with Crippen molar-refractivity contribution in [1.82, 2.24) is 0 Å². The summed E-state index contributed by atoms with van der Waals surface area (Å²) < 4.78 is 0. The van der Waals surface area contributed by atoms with E-state index in [0.29, 0.717) is 0 Å². The molecule has 0 rings (SSSR count). The Bertz CT molecular complexity index is 80.0. The zero-order valence-electron chi connectivity index (χ0n) is 9.32. The first-order valence-corrected chi connectivity index (χ1v) is 5.49. The normalized spacial score (nSPS) is 11.5. The zero-order valence-corrected chi connectivity index (χ0v) is 9.32. The van der Waals surface area contributed by atoms with E-state index in [9.17, 15) is 0 Å². The van der Waals surface area contributed by atoms with Crippen LogP contribution in [0.25, 0.3) is 0 Å². The van der Waals surface area contributed by atoms with E-state index in [1.54, 1.807) is 5.92 Å². The highest BCUT2D eigenvalue weighted by Gasteiger charge is 2.02. The van der Waals surface area contributed by atoms with Crippen molar-refractivity contribution in [3.8, 4) is 0 Å². The topological polar surface area (TPSA) is 0 Å². The summed E-state index contributed by atoms with van der Waals surface area (Å²) in [6, 6.07) is 0. The second-order valence-electron chi connectivity index (χ2n) is 4.14. The average molecular weight is 169 g/mol. The largest absolute Gasteiger partial charge is 0.0651 e. The SMILES string of the molecule is CCC(CC)CCCC[C](C)C.